The Labute approximate surface area is 176 Å². The number of aliphatic hydroxyl groups excluding tert-OH is 1. The quantitative estimate of drug-likeness (QED) is 0.685. The zero-order valence-electron chi connectivity index (χ0n) is 17.3. The van der Waals surface area contributed by atoms with Crippen LogP contribution in [0.4, 0.5) is 4.39 Å². The van der Waals surface area contributed by atoms with Gasteiger partial charge in [0, 0.05) is 13.0 Å². The molecule has 0 spiro atoms. The summed E-state index contributed by atoms with van der Waals surface area (Å²) in [6.07, 6.45) is 2.01. The van der Waals surface area contributed by atoms with Gasteiger partial charge in [-0.25, -0.2) is 4.39 Å². The molecular formula is C24H28FNO4. The van der Waals surface area contributed by atoms with Crippen LogP contribution in [-0.4, -0.2) is 17.3 Å². The first-order valence-electron chi connectivity index (χ1n) is 10.2. The second-order valence-electron chi connectivity index (χ2n) is 7.82. The van der Waals surface area contributed by atoms with Crippen molar-refractivity contribution < 1.29 is 23.8 Å². The van der Waals surface area contributed by atoms with Crippen LogP contribution in [0.3, 0.4) is 0 Å². The molecule has 160 valence electrons. The van der Waals surface area contributed by atoms with E-state index in [0.717, 1.165) is 16.7 Å². The number of rotatable bonds is 8. The Kier molecular flexibility index (Phi) is 7.60. The third kappa shape index (κ3) is 6.15. The van der Waals surface area contributed by atoms with Crippen molar-refractivity contribution in [2.75, 3.05) is 0 Å². The molecule has 2 N–H and O–H groups in total. The van der Waals surface area contributed by atoms with E-state index >= 15 is 0 Å². The van der Waals surface area contributed by atoms with E-state index in [9.17, 15) is 9.18 Å². The number of aliphatic hydroxyl groups is 1. The lowest BCUT2D eigenvalue weighted by atomic mass is 9.90. The molecule has 5 nitrogen and oxygen atoms in total. The van der Waals surface area contributed by atoms with Crippen molar-refractivity contribution in [1.29, 1.82) is 0 Å². The van der Waals surface area contributed by atoms with Gasteiger partial charge in [-0.3, -0.25) is 4.79 Å². The van der Waals surface area contributed by atoms with Crippen molar-refractivity contribution in [2.45, 2.75) is 46.3 Å². The largest absolute Gasteiger partial charge is 0.459 e. The maximum atomic E-state index is 13.0. The molecule has 2 atom stereocenters. The van der Waals surface area contributed by atoms with Gasteiger partial charge >= 0.3 is 0 Å². The van der Waals surface area contributed by atoms with Gasteiger partial charge in [-0.05, 0) is 46.7 Å². The summed E-state index contributed by atoms with van der Waals surface area (Å²) in [6, 6.07) is 13.5. The van der Waals surface area contributed by atoms with Gasteiger partial charge in [0.15, 0.2) is 5.76 Å². The molecule has 1 aliphatic heterocycles. The summed E-state index contributed by atoms with van der Waals surface area (Å²) in [5.41, 5.74) is 2.62. The van der Waals surface area contributed by atoms with E-state index < -0.39 is 6.29 Å². The van der Waals surface area contributed by atoms with Crippen molar-refractivity contribution in [2.24, 2.45) is 11.8 Å². The van der Waals surface area contributed by atoms with E-state index in [2.05, 4.69) is 19.2 Å². The third-order valence-electron chi connectivity index (χ3n) is 5.18. The minimum Gasteiger partial charge on any atom is -0.459 e. The lowest BCUT2D eigenvalue weighted by Crippen LogP contribution is -2.34. The lowest BCUT2D eigenvalue weighted by Gasteiger charge is -2.31. The molecule has 0 fully saturated rings. The number of ether oxygens (including phenoxy) is 2. The highest BCUT2D eigenvalue weighted by Gasteiger charge is 2.29. The maximum Gasteiger partial charge on any atom is 0.286 e. The Hall–Kier alpha value is -2.70. The predicted molar refractivity (Wildman–Crippen MR) is 111 cm³/mol. The number of hydrogen-bond acceptors (Lipinski definition) is 4. The molecule has 1 aliphatic rings. The van der Waals surface area contributed by atoms with E-state index in [4.69, 9.17) is 14.6 Å². The summed E-state index contributed by atoms with van der Waals surface area (Å²) in [4.78, 5) is 12.6. The van der Waals surface area contributed by atoms with Gasteiger partial charge in [0.05, 0.1) is 13.2 Å². The Morgan fingerprint density at radius 3 is 2.40 bits per heavy atom. The summed E-state index contributed by atoms with van der Waals surface area (Å²) in [5.74, 6) is 0.123. The number of carbonyl (C=O) groups is 1. The standard InChI is InChI=1S/C24H28FNO4/c1-16(2)20-11-22(24(28)26-13-17-7-9-21(25)10-8-17)30-23(12-20)29-15-19-5-3-18(14-27)4-6-19/h3-11,16,20,23,27H,12-15H2,1-2H3,(H,26,28)/t20-,23+/m1/s1. The summed E-state index contributed by atoms with van der Waals surface area (Å²) in [6.45, 7) is 4.85. The average molecular weight is 413 g/mol. The maximum absolute atomic E-state index is 13.0. The van der Waals surface area contributed by atoms with E-state index in [-0.39, 0.29) is 36.6 Å². The molecule has 6 heteroatoms. The smallest absolute Gasteiger partial charge is 0.286 e. The molecule has 30 heavy (non-hydrogen) atoms. The van der Waals surface area contributed by atoms with Crippen LogP contribution in [-0.2, 0) is 34.0 Å². The van der Waals surface area contributed by atoms with Crippen LogP contribution < -0.4 is 5.32 Å². The van der Waals surface area contributed by atoms with E-state index in [1.807, 2.05) is 30.3 Å². The number of halogens is 1. The van der Waals surface area contributed by atoms with Crippen LogP contribution in [0.15, 0.2) is 60.4 Å². The van der Waals surface area contributed by atoms with Gasteiger partial charge in [0.2, 0.25) is 6.29 Å². The van der Waals surface area contributed by atoms with Crippen LogP contribution in [0, 0.1) is 17.7 Å². The van der Waals surface area contributed by atoms with E-state index in [0.29, 0.717) is 18.9 Å². The van der Waals surface area contributed by atoms with Gasteiger partial charge < -0.3 is 19.9 Å². The first kappa shape index (κ1) is 22.0. The second-order valence-corrected chi connectivity index (χ2v) is 7.82. The zero-order chi connectivity index (χ0) is 21.5. The van der Waals surface area contributed by atoms with Crippen LogP contribution in [0.25, 0.3) is 0 Å². The SMILES string of the molecule is CC(C)[C@@H]1C=C(C(=O)NCc2ccc(F)cc2)O[C@H](OCc2ccc(CO)cc2)C1. The summed E-state index contributed by atoms with van der Waals surface area (Å²) >= 11 is 0. The molecule has 0 aromatic heterocycles. The third-order valence-corrected chi connectivity index (χ3v) is 5.18. The van der Waals surface area contributed by atoms with Crippen molar-refractivity contribution >= 4 is 5.91 Å². The van der Waals surface area contributed by atoms with E-state index in [1.54, 1.807) is 12.1 Å². The predicted octanol–water partition coefficient (Wildman–Crippen LogP) is 4.05. The van der Waals surface area contributed by atoms with Crippen LogP contribution in [0.2, 0.25) is 0 Å². The van der Waals surface area contributed by atoms with Gasteiger partial charge in [0.25, 0.3) is 5.91 Å². The highest BCUT2D eigenvalue weighted by Crippen LogP contribution is 2.29. The lowest BCUT2D eigenvalue weighted by molar-refractivity contribution is -0.155. The highest BCUT2D eigenvalue weighted by molar-refractivity contribution is 5.91. The molecular weight excluding hydrogens is 385 g/mol. The van der Waals surface area contributed by atoms with Gasteiger partial charge in [-0.2, -0.15) is 0 Å². The van der Waals surface area contributed by atoms with Crippen LogP contribution in [0.5, 0.6) is 0 Å². The molecule has 0 saturated carbocycles. The fraction of sp³-hybridized carbons (Fsp3) is 0.375. The molecule has 1 heterocycles. The molecule has 0 aliphatic carbocycles. The van der Waals surface area contributed by atoms with Crippen molar-refractivity contribution in [3.63, 3.8) is 0 Å². The fourth-order valence-corrected chi connectivity index (χ4v) is 3.21. The summed E-state index contributed by atoms with van der Waals surface area (Å²) in [5, 5.41) is 12.0. The van der Waals surface area contributed by atoms with Crippen LogP contribution >= 0.6 is 0 Å². The molecule has 3 rings (SSSR count). The van der Waals surface area contributed by atoms with Gasteiger partial charge in [-0.15, -0.1) is 0 Å². The second kappa shape index (κ2) is 10.4. The van der Waals surface area contributed by atoms with Crippen LogP contribution in [0.1, 0.15) is 37.0 Å². The average Bonchev–Trinajstić information content (AvgIpc) is 2.77. The molecule has 2 aromatic carbocycles. The zero-order valence-corrected chi connectivity index (χ0v) is 17.3. The molecule has 0 radical (unpaired) electrons. The molecule has 0 bridgehead atoms. The topological polar surface area (TPSA) is 67.8 Å². The Morgan fingerprint density at radius 1 is 1.13 bits per heavy atom. The number of hydrogen-bond donors (Lipinski definition) is 2. The van der Waals surface area contributed by atoms with Gasteiger partial charge in [0.1, 0.15) is 5.82 Å². The van der Waals surface area contributed by atoms with Crippen molar-refractivity contribution in [3.8, 4) is 0 Å². The normalized spacial score (nSPS) is 18.6. The van der Waals surface area contributed by atoms with Crippen molar-refractivity contribution in [3.05, 3.63) is 82.9 Å². The molecule has 0 saturated heterocycles. The molecule has 0 unspecified atom stereocenters. The fourth-order valence-electron chi connectivity index (χ4n) is 3.21. The minimum absolute atomic E-state index is 0.00410. The Morgan fingerprint density at radius 2 is 1.77 bits per heavy atom. The molecule has 2 aromatic rings. The minimum atomic E-state index is -0.522. The van der Waals surface area contributed by atoms with E-state index in [1.165, 1.54) is 12.1 Å². The number of benzene rings is 2. The summed E-state index contributed by atoms with van der Waals surface area (Å²) in [7, 11) is 0. The summed E-state index contributed by atoms with van der Waals surface area (Å²) < 4.78 is 24.8. The van der Waals surface area contributed by atoms with Crippen molar-refractivity contribution in [1.82, 2.24) is 5.32 Å². The Balaban J connectivity index is 1.59. The number of nitrogens with one attached hydrogen (secondary N) is 1. The highest BCUT2D eigenvalue weighted by atomic mass is 19.1. The van der Waals surface area contributed by atoms with Gasteiger partial charge in [-0.1, -0.05) is 50.2 Å². The monoisotopic (exact) mass is 413 g/mol. The Bertz CT molecular complexity index is 862. The first-order valence-corrected chi connectivity index (χ1v) is 10.2. The molecule has 1 amide bonds. The first-order chi connectivity index (χ1) is 14.4. The number of amides is 1. The number of carbonyl (C=O) groups excluding carboxylic acids is 1. The number of allylic oxidation sites excluding steroid dienone is 1.